The molecule has 0 aromatic carbocycles. The average molecular weight is 454 g/mol. The van der Waals surface area contributed by atoms with Gasteiger partial charge in [0.1, 0.15) is 0 Å². The number of aromatic nitrogens is 11. The molecule has 1 aromatic heterocycles. The van der Waals surface area contributed by atoms with Crippen molar-refractivity contribution in [2.45, 2.75) is 0 Å². The molecule has 1 rings (SSSR count). The van der Waals surface area contributed by atoms with Crippen molar-refractivity contribution < 1.29 is 0 Å². The van der Waals surface area contributed by atoms with E-state index in [1.807, 2.05) is 0 Å². The lowest BCUT2D eigenvalue weighted by molar-refractivity contribution is 1.21. The van der Waals surface area contributed by atoms with Crippen LogP contribution >= 0.6 is 0 Å². The van der Waals surface area contributed by atoms with E-state index in [1.165, 1.54) is 124 Å². The lowest BCUT2D eigenvalue weighted by Gasteiger charge is -1.70. The molecule has 11 nitrogen and oxygen atoms in total. The normalized spacial score (nSPS) is 8.00. The largest absolute Gasteiger partial charge is 0.263 e. The zero-order chi connectivity index (χ0) is 24.0. The molecular weight excluding hydrogens is 430 g/mol. The Bertz CT molecular complexity index is 662. The fourth-order valence-corrected chi connectivity index (χ4v) is 1.45. The van der Waals surface area contributed by atoms with Gasteiger partial charge >= 0.3 is 0 Å². The first-order valence-electron chi connectivity index (χ1n) is 9.68. The molecule has 0 atom stereocenters. The molecule has 0 aliphatic rings. The van der Waals surface area contributed by atoms with Gasteiger partial charge in [-0.3, -0.25) is 54.8 Å². The van der Waals surface area contributed by atoms with Gasteiger partial charge in [0, 0.05) is 136 Å². The Morgan fingerprint density at radius 2 is 0.265 bits per heavy atom. The van der Waals surface area contributed by atoms with Gasteiger partial charge in [-0.25, -0.2) is 0 Å². The Kier molecular flexibility index (Phi) is 19.0. The van der Waals surface area contributed by atoms with Crippen LogP contribution in [-0.2, 0) is 0 Å². The van der Waals surface area contributed by atoms with Crippen LogP contribution in [0.3, 0.4) is 0 Å². The molecule has 1 heterocycles. The van der Waals surface area contributed by atoms with Crippen molar-refractivity contribution in [3.63, 3.8) is 0 Å². The van der Waals surface area contributed by atoms with Gasteiger partial charge in [-0.2, -0.15) is 0 Å². The van der Waals surface area contributed by atoms with E-state index in [4.69, 9.17) is 0 Å². The summed E-state index contributed by atoms with van der Waals surface area (Å²) in [5, 5.41) is 0. The first-order valence-corrected chi connectivity index (χ1v) is 9.68. The Labute approximate surface area is 197 Å². The average Bonchev–Trinajstić information content (AvgIpc) is 2.85. The zero-order valence-electron chi connectivity index (χ0n) is 18.2. The third-order valence-electron chi connectivity index (χ3n) is 2.73. The fraction of sp³-hybridized carbons (Fsp3) is 0. The molecule has 0 bridgehead atoms. The van der Waals surface area contributed by atoms with Crippen molar-refractivity contribution in [2.75, 3.05) is 0 Å². The number of hydrogen-bond donors (Lipinski definition) is 0. The molecule has 0 fully saturated rings. The summed E-state index contributed by atoms with van der Waals surface area (Å²) < 4.78 is 0. The SMILES string of the molecule is c1cnccnccnccnccnccnccnccnccnccnccnc1. The highest BCUT2D eigenvalue weighted by atomic mass is 14.7. The fourth-order valence-electron chi connectivity index (χ4n) is 1.45. The van der Waals surface area contributed by atoms with Crippen LogP contribution in [0.4, 0.5) is 0 Å². The van der Waals surface area contributed by atoms with Crippen molar-refractivity contribution >= 4 is 0 Å². The van der Waals surface area contributed by atoms with Crippen LogP contribution < -0.4 is 0 Å². The van der Waals surface area contributed by atoms with Crippen LogP contribution in [0.2, 0.25) is 0 Å². The van der Waals surface area contributed by atoms with Crippen LogP contribution in [0.25, 0.3) is 0 Å². The first-order chi connectivity index (χ1) is 17.0. The van der Waals surface area contributed by atoms with Gasteiger partial charge in [0.15, 0.2) is 0 Å². The van der Waals surface area contributed by atoms with Crippen molar-refractivity contribution in [3.8, 4) is 0 Å². The molecular formula is C23H23N11. The van der Waals surface area contributed by atoms with Crippen LogP contribution in [0.15, 0.2) is 142 Å². The summed E-state index contributed by atoms with van der Waals surface area (Å²) in [5.41, 5.74) is 0. The van der Waals surface area contributed by atoms with Crippen LogP contribution in [0.1, 0.15) is 0 Å². The van der Waals surface area contributed by atoms with Gasteiger partial charge in [0.25, 0.3) is 0 Å². The second-order valence-electron chi connectivity index (χ2n) is 5.11. The van der Waals surface area contributed by atoms with Crippen LogP contribution in [0.5, 0.6) is 0 Å². The summed E-state index contributed by atoms with van der Waals surface area (Å²) >= 11 is 0. The number of rotatable bonds is 0. The van der Waals surface area contributed by atoms with Crippen molar-refractivity contribution in [1.29, 1.82) is 0 Å². The minimum atomic E-state index is 1.51. The highest BCUT2D eigenvalue weighted by molar-refractivity contribution is 4.76. The van der Waals surface area contributed by atoms with Gasteiger partial charge in [-0.1, -0.05) is 0 Å². The smallest absolute Gasteiger partial charge is 0.0451 e. The van der Waals surface area contributed by atoms with Crippen LogP contribution in [0, 0.1) is 0 Å². The highest BCUT2D eigenvalue weighted by Crippen LogP contribution is 1.69. The molecule has 0 saturated heterocycles. The molecule has 1 aromatic rings. The van der Waals surface area contributed by atoms with E-state index >= 15 is 0 Å². The molecule has 0 radical (unpaired) electrons. The molecule has 0 spiro atoms. The van der Waals surface area contributed by atoms with E-state index < -0.39 is 0 Å². The van der Waals surface area contributed by atoms with Gasteiger partial charge in [-0.05, 0) is 6.07 Å². The van der Waals surface area contributed by atoms with Crippen molar-refractivity contribution in [2.24, 2.45) is 0 Å². The zero-order valence-corrected chi connectivity index (χ0v) is 18.2. The topological polar surface area (TPSA) is 142 Å². The summed E-state index contributed by atoms with van der Waals surface area (Å²) in [6.45, 7) is 0. The van der Waals surface area contributed by atoms with Gasteiger partial charge in [-0.15, -0.1) is 0 Å². The quantitative estimate of drug-likeness (QED) is 0.572. The second kappa shape index (κ2) is 24.1. The molecule has 0 saturated carbocycles. The molecule has 34 heavy (non-hydrogen) atoms. The summed E-state index contributed by atoms with van der Waals surface area (Å²) in [4.78, 5) is 43.8. The number of hydrogen-bond acceptors (Lipinski definition) is 11. The third-order valence-corrected chi connectivity index (χ3v) is 2.73. The summed E-state index contributed by atoms with van der Waals surface area (Å²) in [6.07, 6.45) is 33.5. The van der Waals surface area contributed by atoms with E-state index in [-0.39, 0.29) is 0 Å². The van der Waals surface area contributed by atoms with E-state index in [9.17, 15) is 0 Å². The van der Waals surface area contributed by atoms with E-state index in [2.05, 4.69) is 54.8 Å². The Morgan fingerprint density at radius 1 is 0.147 bits per heavy atom. The van der Waals surface area contributed by atoms with Crippen LogP contribution in [-0.4, -0.2) is 54.8 Å². The Balaban J connectivity index is 3.00. The summed E-state index contributed by atoms with van der Waals surface area (Å²) in [6, 6.07) is 1.67. The molecule has 0 unspecified atom stereocenters. The van der Waals surface area contributed by atoms with E-state index in [1.54, 1.807) is 18.5 Å². The van der Waals surface area contributed by atoms with E-state index in [0.29, 0.717) is 0 Å². The monoisotopic (exact) mass is 453 g/mol. The third kappa shape index (κ3) is 21.5. The predicted octanol–water partition coefficient (Wildman–Crippen LogP) is 2.90. The highest BCUT2D eigenvalue weighted by Gasteiger charge is 1.61. The summed E-state index contributed by atoms with van der Waals surface area (Å²) in [5.74, 6) is 0. The molecule has 0 aliphatic carbocycles. The van der Waals surface area contributed by atoms with E-state index in [0.717, 1.165) is 0 Å². The summed E-state index contributed by atoms with van der Waals surface area (Å²) in [7, 11) is 0. The van der Waals surface area contributed by atoms with Crippen molar-refractivity contribution in [1.82, 2.24) is 54.8 Å². The minimum Gasteiger partial charge on any atom is -0.263 e. The Hall–Kier alpha value is -5.19. The maximum absolute atomic E-state index is 4.00. The van der Waals surface area contributed by atoms with Gasteiger partial charge < -0.3 is 0 Å². The maximum Gasteiger partial charge on any atom is 0.0451 e. The standard InChI is InChI=1S/C23H23N11/c1-2-24-4-6-26-8-10-28-12-14-30-16-18-32-20-22-34-23-21-33-19-17-31-15-13-29-11-9-27-7-5-25-3-1/h1-23H. The lowest BCUT2D eigenvalue weighted by atomic mass is 10.7. The maximum atomic E-state index is 4.00. The lowest BCUT2D eigenvalue weighted by Crippen LogP contribution is -1.65. The Morgan fingerprint density at radius 3 is 0.412 bits per heavy atom. The second-order valence-corrected chi connectivity index (χ2v) is 5.11. The minimum absolute atomic E-state index is 1.51. The number of nitrogens with zero attached hydrogens (tertiary/aromatic N) is 11. The van der Waals surface area contributed by atoms with Gasteiger partial charge in [0.2, 0.25) is 0 Å². The molecule has 0 amide bonds. The first kappa shape index (κ1) is 26.8. The van der Waals surface area contributed by atoms with Gasteiger partial charge in [0.05, 0.1) is 0 Å². The molecule has 11 heteroatoms. The molecule has 170 valence electrons. The molecule has 0 aliphatic heterocycles. The predicted molar refractivity (Wildman–Crippen MR) is 126 cm³/mol. The molecule has 0 N–H and O–H groups in total. The van der Waals surface area contributed by atoms with Crippen molar-refractivity contribution in [3.05, 3.63) is 142 Å².